The van der Waals surface area contributed by atoms with Crippen LogP contribution in [0.25, 0.3) is 0 Å². The van der Waals surface area contributed by atoms with Gasteiger partial charge in [-0.25, -0.2) is 8.42 Å². The molecule has 0 saturated carbocycles. The Morgan fingerprint density at radius 1 is 1.50 bits per heavy atom. The van der Waals surface area contributed by atoms with E-state index in [2.05, 4.69) is 0 Å². The summed E-state index contributed by atoms with van der Waals surface area (Å²) in [6.45, 7) is 1.60. The van der Waals surface area contributed by atoms with E-state index >= 15 is 0 Å². The van der Waals surface area contributed by atoms with Crippen LogP contribution in [-0.4, -0.2) is 32.5 Å². The molecule has 1 aliphatic rings. The number of rotatable bonds is 2. The lowest BCUT2D eigenvalue weighted by Gasteiger charge is -2.15. The maximum Gasteiger partial charge on any atom is 0.179 e. The van der Waals surface area contributed by atoms with Crippen molar-refractivity contribution in [1.82, 2.24) is 0 Å². The fraction of sp³-hybridized carbons (Fsp3) is 0.455. The van der Waals surface area contributed by atoms with Gasteiger partial charge >= 0.3 is 0 Å². The average Bonchev–Trinajstić information content (AvgIpc) is 2.51. The van der Waals surface area contributed by atoms with E-state index in [1.807, 2.05) is 0 Å². The highest BCUT2D eigenvalue weighted by Crippen LogP contribution is 2.42. The van der Waals surface area contributed by atoms with Gasteiger partial charge in [0, 0.05) is 11.5 Å². The highest BCUT2D eigenvalue weighted by atomic mass is 32.2. The van der Waals surface area contributed by atoms with E-state index in [1.165, 1.54) is 7.11 Å². The third-order valence-corrected chi connectivity index (χ3v) is 4.76. The summed E-state index contributed by atoms with van der Waals surface area (Å²) in [5, 5.41) is 9.63. The number of hydrogen-bond donors (Lipinski definition) is 1. The quantitative estimate of drug-likeness (QED) is 0.838. The van der Waals surface area contributed by atoms with Crippen LogP contribution in [0.15, 0.2) is 23.1 Å². The number of hydrogen-bond acceptors (Lipinski definition) is 4. The molecule has 5 heteroatoms. The molecule has 2 atom stereocenters. The van der Waals surface area contributed by atoms with Crippen molar-refractivity contribution in [2.45, 2.75) is 23.8 Å². The first-order chi connectivity index (χ1) is 7.47. The smallest absolute Gasteiger partial charge is 0.179 e. The molecule has 1 aliphatic heterocycles. The van der Waals surface area contributed by atoms with E-state index in [1.54, 1.807) is 25.1 Å². The normalized spacial score (nSPS) is 23.8. The van der Waals surface area contributed by atoms with Crippen LogP contribution >= 0.6 is 0 Å². The predicted octanol–water partition coefficient (Wildman–Crippen LogP) is 0.947. The van der Waals surface area contributed by atoms with Crippen molar-refractivity contribution in [3.8, 4) is 5.75 Å². The van der Waals surface area contributed by atoms with Gasteiger partial charge in [-0.05, 0) is 19.1 Å². The molecule has 88 valence electrons. The highest BCUT2D eigenvalue weighted by molar-refractivity contribution is 7.91. The van der Waals surface area contributed by atoms with Crippen molar-refractivity contribution >= 4 is 9.84 Å². The molecule has 2 unspecified atom stereocenters. The number of aliphatic hydroxyl groups is 1. The molecule has 0 aromatic heterocycles. The first-order valence-corrected chi connectivity index (χ1v) is 6.70. The van der Waals surface area contributed by atoms with Crippen LogP contribution in [0.5, 0.6) is 5.75 Å². The molecular formula is C11H14O4S. The number of aliphatic hydroxyl groups excluding tert-OH is 1. The van der Waals surface area contributed by atoms with Crippen molar-refractivity contribution in [3.05, 3.63) is 23.8 Å². The van der Waals surface area contributed by atoms with Crippen LogP contribution in [0.3, 0.4) is 0 Å². The molecule has 1 heterocycles. The van der Waals surface area contributed by atoms with Crippen LogP contribution in [0.2, 0.25) is 0 Å². The number of sulfone groups is 1. The molecule has 1 aromatic rings. The Balaban J connectivity index is 2.68. The summed E-state index contributed by atoms with van der Waals surface area (Å²) in [6.07, 6.45) is -0.702. The Hall–Kier alpha value is -1.07. The van der Waals surface area contributed by atoms with Crippen molar-refractivity contribution in [1.29, 1.82) is 0 Å². The third kappa shape index (κ3) is 1.60. The van der Waals surface area contributed by atoms with E-state index in [4.69, 9.17) is 4.74 Å². The zero-order chi connectivity index (χ0) is 11.9. The summed E-state index contributed by atoms with van der Waals surface area (Å²) in [7, 11) is -1.77. The van der Waals surface area contributed by atoms with Crippen molar-refractivity contribution < 1.29 is 18.3 Å². The van der Waals surface area contributed by atoms with Crippen LogP contribution in [0.1, 0.15) is 18.4 Å². The van der Waals surface area contributed by atoms with E-state index in [-0.39, 0.29) is 10.6 Å². The Bertz CT molecular complexity index is 505. The second-order valence-corrected chi connectivity index (χ2v) is 6.00. The number of benzene rings is 1. The van der Waals surface area contributed by atoms with Gasteiger partial charge in [0.2, 0.25) is 0 Å². The largest absolute Gasteiger partial charge is 0.496 e. The van der Waals surface area contributed by atoms with E-state index < -0.39 is 21.9 Å². The Morgan fingerprint density at radius 3 is 2.75 bits per heavy atom. The topological polar surface area (TPSA) is 63.6 Å². The zero-order valence-electron chi connectivity index (χ0n) is 9.17. The average molecular weight is 242 g/mol. The second kappa shape index (κ2) is 3.75. The fourth-order valence-corrected chi connectivity index (χ4v) is 4.10. The van der Waals surface area contributed by atoms with Gasteiger partial charge in [0.05, 0.1) is 23.9 Å². The van der Waals surface area contributed by atoms with Crippen LogP contribution in [0.4, 0.5) is 0 Å². The van der Waals surface area contributed by atoms with Crippen LogP contribution < -0.4 is 4.74 Å². The Labute approximate surface area is 94.8 Å². The predicted molar refractivity (Wildman–Crippen MR) is 59.5 cm³/mol. The van der Waals surface area contributed by atoms with E-state index in [9.17, 15) is 13.5 Å². The summed E-state index contributed by atoms with van der Waals surface area (Å²) in [5.74, 6) is 0.0982. The fourth-order valence-electron chi connectivity index (χ4n) is 2.13. The molecule has 2 rings (SSSR count). The molecule has 0 bridgehead atoms. The van der Waals surface area contributed by atoms with E-state index in [0.717, 1.165) is 0 Å². The first-order valence-electron chi connectivity index (χ1n) is 5.05. The summed E-state index contributed by atoms with van der Waals surface area (Å²) >= 11 is 0. The van der Waals surface area contributed by atoms with Gasteiger partial charge in [-0.2, -0.15) is 0 Å². The number of methoxy groups -OCH3 is 1. The lowest BCUT2D eigenvalue weighted by atomic mass is 9.95. The van der Waals surface area contributed by atoms with Crippen LogP contribution in [-0.2, 0) is 9.84 Å². The minimum atomic E-state index is -3.27. The molecule has 0 radical (unpaired) electrons. The van der Waals surface area contributed by atoms with Crippen molar-refractivity contribution in [2.75, 3.05) is 12.9 Å². The molecule has 0 fully saturated rings. The monoisotopic (exact) mass is 242 g/mol. The lowest BCUT2D eigenvalue weighted by molar-refractivity contribution is 0.169. The summed E-state index contributed by atoms with van der Waals surface area (Å²) in [4.78, 5) is 0.290. The number of fused-ring (bicyclic) bond motifs is 1. The molecule has 1 aromatic carbocycles. The minimum absolute atomic E-state index is 0.0413. The Kier molecular flexibility index (Phi) is 2.67. The molecule has 4 nitrogen and oxygen atoms in total. The molecule has 0 saturated heterocycles. The van der Waals surface area contributed by atoms with Gasteiger partial charge in [-0.1, -0.05) is 6.07 Å². The highest BCUT2D eigenvalue weighted by Gasteiger charge is 2.39. The molecule has 0 aliphatic carbocycles. The Morgan fingerprint density at radius 2 is 2.19 bits per heavy atom. The van der Waals surface area contributed by atoms with Gasteiger partial charge < -0.3 is 9.84 Å². The molecule has 0 amide bonds. The number of ether oxygens (including phenoxy) is 1. The van der Waals surface area contributed by atoms with Gasteiger partial charge in [0.25, 0.3) is 0 Å². The molecule has 1 N–H and O–H groups in total. The minimum Gasteiger partial charge on any atom is -0.496 e. The standard InChI is InChI=1S/C11H14O4S/c1-7(12)8-6-16(13,14)10-5-3-4-9(15-2)11(8)10/h3-5,7-8,12H,6H2,1-2H3. The first kappa shape index (κ1) is 11.4. The van der Waals surface area contributed by atoms with Gasteiger partial charge in [-0.15, -0.1) is 0 Å². The summed E-state index contributed by atoms with van der Waals surface area (Å²) in [5.41, 5.74) is 0.611. The summed E-state index contributed by atoms with van der Waals surface area (Å²) < 4.78 is 28.9. The molecule has 16 heavy (non-hydrogen) atoms. The second-order valence-electron chi connectivity index (χ2n) is 4.00. The van der Waals surface area contributed by atoms with E-state index in [0.29, 0.717) is 11.3 Å². The SMILES string of the molecule is COc1cccc2c1C(C(C)O)CS2(=O)=O. The maximum atomic E-state index is 11.9. The van der Waals surface area contributed by atoms with Gasteiger partial charge in [0.1, 0.15) is 5.75 Å². The van der Waals surface area contributed by atoms with Gasteiger partial charge in [-0.3, -0.25) is 0 Å². The third-order valence-electron chi connectivity index (χ3n) is 2.93. The van der Waals surface area contributed by atoms with Crippen LogP contribution in [0, 0.1) is 0 Å². The van der Waals surface area contributed by atoms with Crippen molar-refractivity contribution in [2.24, 2.45) is 0 Å². The molecule has 0 spiro atoms. The lowest BCUT2D eigenvalue weighted by Crippen LogP contribution is -2.16. The molecular weight excluding hydrogens is 228 g/mol. The van der Waals surface area contributed by atoms with Crippen molar-refractivity contribution in [3.63, 3.8) is 0 Å². The maximum absolute atomic E-state index is 11.9. The zero-order valence-corrected chi connectivity index (χ0v) is 9.99. The van der Waals surface area contributed by atoms with Gasteiger partial charge in [0.15, 0.2) is 9.84 Å². The summed E-state index contributed by atoms with van der Waals surface area (Å²) in [6, 6.07) is 4.93.